The molecule has 1 aliphatic carbocycles. The van der Waals surface area contributed by atoms with Gasteiger partial charge < -0.3 is 14.2 Å². The Kier molecular flexibility index (Phi) is 4.79. The molecule has 22 heavy (non-hydrogen) atoms. The molecule has 0 aromatic rings. The molecule has 0 N–H and O–H groups in total. The number of esters is 1. The van der Waals surface area contributed by atoms with Gasteiger partial charge in [-0.15, -0.1) is 0 Å². The lowest BCUT2D eigenvalue weighted by Gasteiger charge is -2.56. The summed E-state index contributed by atoms with van der Waals surface area (Å²) in [5.74, 6) is 0.144. The fourth-order valence-corrected chi connectivity index (χ4v) is 4.26. The van der Waals surface area contributed by atoms with Crippen LogP contribution in [0.4, 0.5) is 0 Å². The molecular weight excluding hydrogens is 280 g/mol. The van der Waals surface area contributed by atoms with E-state index in [-0.39, 0.29) is 28.8 Å². The van der Waals surface area contributed by atoms with Gasteiger partial charge in [-0.25, -0.2) is 0 Å². The van der Waals surface area contributed by atoms with E-state index >= 15 is 0 Å². The van der Waals surface area contributed by atoms with E-state index in [4.69, 9.17) is 14.2 Å². The van der Waals surface area contributed by atoms with E-state index in [1.807, 2.05) is 0 Å². The van der Waals surface area contributed by atoms with E-state index in [1.165, 1.54) is 6.42 Å². The first kappa shape index (κ1) is 16.3. The summed E-state index contributed by atoms with van der Waals surface area (Å²) in [6, 6.07) is 0. The average molecular weight is 310 g/mol. The largest absolute Gasteiger partial charge is 0.461 e. The predicted octanol–water partition coefficient (Wildman–Crippen LogP) is 3.33. The SMILES string of the molecule is CCC1(C(OC(=O)C2CCCCC2)C2(CC)COC2)COC1. The minimum atomic E-state index is -0.0491. The summed E-state index contributed by atoms with van der Waals surface area (Å²) in [5, 5.41) is 0. The molecule has 4 heteroatoms. The van der Waals surface area contributed by atoms with E-state index in [2.05, 4.69) is 13.8 Å². The molecule has 2 heterocycles. The molecule has 3 rings (SSSR count). The second kappa shape index (κ2) is 6.48. The van der Waals surface area contributed by atoms with Crippen molar-refractivity contribution in [1.82, 2.24) is 0 Å². The third-order valence-electron chi connectivity index (χ3n) is 6.25. The lowest BCUT2D eigenvalue weighted by molar-refractivity contribution is -0.269. The maximum Gasteiger partial charge on any atom is 0.309 e. The highest BCUT2D eigenvalue weighted by Gasteiger charge is 2.59. The Bertz CT molecular complexity index is 359. The molecule has 3 fully saturated rings. The van der Waals surface area contributed by atoms with Crippen LogP contribution in [-0.4, -0.2) is 38.5 Å². The van der Waals surface area contributed by atoms with Crippen molar-refractivity contribution >= 4 is 5.97 Å². The Balaban J connectivity index is 1.75. The van der Waals surface area contributed by atoms with Crippen molar-refractivity contribution in [2.45, 2.75) is 64.9 Å². The molecule has 0 bridgehead atoms. The summed E-state index contributed by atoms with van der Waals surface area (Å²) < 4.78 is 17.2. The van der Waals surface area contributed by atoms with Gasteiger partial charge in [-0.2, -0.15) is 0 Å². The Morgan fingerprint density at radius 3 is 1.86 bits per heavy atom. The fraction of sp³-hybridized carbons (Fsp3) is 0.944. The Morgan fingerprint density at radius 1 is 1.00 bits per heavy atom. The number of carbonyl (C=O) groups excluding carboxylic acids is 1. The van der Waals surface area contributed by atoms with Crippen LogP contribution in [0.15, 0.2) is 0 Å². The van der Waals surface area contributed by atoms with Gasteiger partial charge in [0, 0.05) is 0 Å². The van der Waals surface area contributed by atoms with Gasteiger partial charge in [-0.3, -0.25) is 4.79 Å². The van der Waals surface area contributed by atoms with E-state index in [0.29, 0.717) is 26.4 Å². The lowest BCUT2D eigenvalue weighted by Crippen LogP contribution is -2.65. The molecule has 0 amide bonds. The lowest BCUT2D eigenvalue weighted by atomic mass is 9.63. The minimum absolute atomic E-state index is 0.00408. The molecule has 0 spiro atoms. The summed E-state index contributed by atoms with van der Waals surface area (Å²) in [6.07, 6.45) is 7.52. The molecule has 2 saturated heterocycles. The molecule has 2 aliphatic heterocycles. The number of carbonyl (C=O) groups is 1. The first-order valence-corrected chi connectivity index (χ1v) is 9.02. The Morgan fingerprint density at radius 2 is 1.50 bits per heavy atom. The van der Waals surface area contributed by atoms with Gasteiger partial charge >= 0.3 is 5.97 Å². The normalized spacial score (nSPS) is 27.0. The van der Waals surface area contributed by atoms with Crippen LogP contribution in [0, 0.1) is 16.7 Å². The zero-order valence-corrected chi connectivity index (χ0v) is 14.1. The molecule has 0 aromatic carbocycles. The van der Waals surface area contributed by atoms with E-state index in [9.17, 15) is 4.79 Å². The average Bonchev–Trinajstić information content (AvgIpc) is 2.47. The number of hydrogen-bond donors (Lipinski definition) is 0. The van der Waals surface area contributed by atoms with Crippen LogP contribution >= 0.6 is 0 Å². The minimum Gasteiger partial charge on any atom is -0.461 e. The molecule has 0 unspecified atom stereocenters. The third-order valence-corrected chi connectivity index (χ3v) is 6.25. The topological polar surface area (TPSA) is 44.8 Å². The van der Waals surface area contributed by atoms with Gasteiger partial charge in [-0.05, 0) is 25.7 Å². The van der Waals surface area contributed by atoms with Crippen LogP contribution in [0.1, 0.15) is 58.8 Å². The van der Waals surface area contributed by atoms with Gasteiger partial charge in [0.2, 0.25) is 0 Å². The first-order valence-electron chi connectivity index (χ1n) is 9.02. The molecule has 4 nitrogen and oxygen atoms in total. The van der Waals surface area contributed by atoms with Crippen molar-refractivity contribution in [1.29, 1.82) is 0 Å². The third kappa shape index (κ3) is 2.69. The highest BCUT2D eigenvalue weighted by Crippen LogP contribution is 2.50. The second-order valence-corrected chi connectivity index (χ2v) is 7.57. The van der Waals surface area contributed by atoms with Crippen LogP contribution in [0.2, 0.25) is 0 Å². The number of hydrogen-bond acceptors (Lipinski definition) is 4. The smallest absolute Gasteiger partial charge is 0.309 e. The summed E-state index contributed by atoms with van der Waals surface area (Å²) in [6.45, 7) is 7.24. The predicted molar refractivity (Wildman–Crippen MR) is 83.5 cm³/mol. The quantitative estimate of drug-likeness (QED) is 0.706. The van der Waals surface area contributed by atoms with Crippen molar-refractivity contribution in [2.24, 2.45) is 16.7 Å². The summed E-state index contributed by atoms with van der Waals surface area (Å²) in [4.78, 5) is 12.7. The monoisotopic (exact) mass is 310 g/mol. The zero-order chi connectivity index (χ0) is 15.6. The van der Waals surface area contributed by atoms with Gasteiger partial charge in [0.15, 0.2) is 0 Å². The Labute approximate surface area is 133 Å². The van der Waals surface area contributed by atoms with Gasteiger partial charge in [-0.1, -0.05) is 33.1 Å². The Hall–Kier alpha value is -0.610. The van der Waals surface area contributed by atoms with Crippen molar-refractivity contribution in [2.75, 3.05) is 26.4 Å². The standard InChI is InChI=1S/C18H30O4/c1-3-17(10-20-11-17)16(18(4-2)12-21-13-18)22-15(19)14-8-6-5-7-9-14/h14,16H,3-13H2,1-2H3. The first-order chi connectivity index (χ1) is 10.7. The van der Waals surface area contributed by atoms with E-state index in [0.717, 1.165) is 38.5 Å². The second-order valence-electron chi connectivity index (χ2n) is 7.57. The number of rotatable bonds is 6. The van der Waals surface area contributed by atoms with Crippen molar-refractivity contribution in [3.05, 3.63) is 0 Å². The highest BCUT2D eigenvalue weighted by molar-refractivity contribution is 5.72. The van der Waals surface area contributed by atoms with Crippen LogP contribution < -0.4 is 0 Å². The maximum atomic E-state index is 12.7. The molecule has 3 aliphatic rings. The summed E-state index contributed by atoms with van der Waals surface area (Å²) >= 11 is 0. The van der Waals surface area contributed by atoms with E-state index in [1.54, 1.807) is 0 Å². The highest BCUT2D eigenvalue weighted by atomic mass is 16.6. The summed E-state index contributed by atoms with van der Waals surface area (Å²) in [7, 11) is 0. The molecule has 1 saturated carbocycles. The van der Waals surface area contributed by atoms with Crippen LogP contribution in [-0.2, 0) is 19.0 Å². The maximum absolute atomic E-state index is 12.7. The van der Waals surface area contributed by atoms with E-state index < -0.39 is 0 Å². The molecule has 0 aromatic heterocycles. The fourth-order valence-electron chi connectivity index (χ4n) is 4.26. The molecule has 0 radical (unpaired) electrons. The van der Waals surface area contributed by atoms with Crippen molar-refractivity contribution in [3.8, 4) is 0 Å². The van der Waals surface area contributed by atoms with Gasteiger partial charge in [0.05, 0.1) is 43.2 Å². The molecular formula is C18H30O4. The van der Waals surface area contributed by atoms with Crippen molar-refractivity contribution in [3.63, 3.8) is 0 Å². The van der Waals surface area contributed by atoms with Crippen molar-refractivity contribution < 1.29 is 19.0 Å². The zero-order valence-electron chi connectivity index (χ0n) is 14.1. The molecule has 126 valence electrons. The van der Waals surface area contributed by atoms with Gasteiger partial charge in [0.1, 0.15) is 6.10 Å². The number of ether oxygens (including phenoxy) is 3. The van der Waals surface area contributed by atoms with Crippen LogP contribution in [0.25, 0.3) is 0 Å². The van der Waals surface area contributed by atoms with Crippen LogP contribution in [0.3, 0.4) is 0 Å². The molecule has 0 atom stereocenters. The summed E-state index contributed by atoms with van der Waals surface area (Å²) in [5.41, 5.74) is 0.00817. The van der Waals surface area contributed by atoms with Gasteiger partial charge in [0.25, 0.3) is 0 Å². The van der Waals surface area contributed by atoms with Crippen LogP contribution in [0.5, 0.6) is 0 Å².